The lowest BCUT2D eigenvalue weighted by molar-refractivity contribution is -0.137. The molecule has 0 unspecified atom stereocenters. The van der Waals surface area contributed by atoms with E-state index in [1.165, 1.54) is 0 Å². The maximum atomic E-state index is 12.5. The molecule has 16 heavy (non-hydrogen) atoms. The van der Waals surface area contributed by atoms with Crippen molar-refractivity contribution >= 4 is 11.6 Å². The van der Waals surface area contributed by atoms with Crippen molar-refractivity contribution in [1.29, 1.82) is 0 Å². The van der Waals surface area contributed by atoms with Crippen molar-refractivity contribution in [1.82, 2.24) is 0 Å². The topological polar surface area (TPSA) is 35.2 Å². The number of fused-ring (bicyclic) bond motifs is 1. The van der Waals surface area contributed by atoms with E-state index in [-0.39, 0.29) is 10.8 Å². The fraction of sp³-hybridized carbons (Fsp3) is 0.400. The van der Waals surface area contributed by atoms with Crippen LogP contribution in [0.25, 0.3) is 0 Å². The molecule has 1 atom stereocenters. The zero-order valence-electron chi connectivity index (χ0n) is 8.14. The minimum Gasteiger partial charge on any atom is -0.492 e. The van der Waals surface area contributed by atoms with Gasteiger partial charge in [0.05, 0.1) is 17.2 Å². The quantitative estimate of drug-likeness (QED) is 0.769. The summed E-state index contributed by atoms with van der Waals surface area (Å²) < 4.78 is 42.8. The van der Waals surface area contributed by atoms with Crippen molar-refractivity contribution < 1.29 is 17.9 Å². The molecule has 2 N–H and O–H groups in total. The van der Waals surface area contributed by atoms with Crippen LogP contribution in [0.15, 0.2) is 12.1 Å². The van der Waals surface area contributed by atoms with Gasteiger partial charge in [-0.3, -0.25) is 0 Å². The average Bonchev–Trinajstić information content (AvgIpc) is 2.18. The fourth-order valence-corrected chi connectivity index (χ4v) is 1.93. The second kappa shape index (κ2) is 3.82. The molecular formula is C10H9ClF3NO. The lowest BCUT2D eigenvalue weighted by Crippen LogP contribution is -2.21. The van der Waals surface area contributed by atoms with Gasteiger partial charge in [0, 0.05) is 18.0 Å². The van der Waals surface area contributed by atoms with E-state index in [4.69, 9.17) is 22.1 Å². The molecule has 0 saturated heterocycles. The summed E-state index contributed by atoms with van der Waals surface area (Å²) in [6, 6.07) is 1.41. The van der Waals surface area contributed by atoms with E-state index in [0.29, 0.717) is 18.6 Å². The molecule has 1 aromatic rings. The highest BCUT2D eigenvalue weighted by atomic mass is 35.5. The SMILES string of the molecule is N[C@H]1CCOc2c(Cl)cc(C(F)(F)F)cc21. The van der Waals surface area contributed by atoms with Crippen LogP contribution in [0.1, 0.15) is 23.6 Å². The molecule has 6 heteroatoms. The molecule has 0 aliphatic carbocycles. The van der Waals surface area contributed by atoms with E-state index >= 15 is 0 Å². The summed E-state index contributed by atoms with van der Waals surface area (Å²) in [5.41, 5.74) is 5.25. The first kappa shape index (κ1) is 11.5. The van der Waals surface area contributed by atoms with Crippen LogP contribution in [-0.4, -0.2) is 6.61 Å². The molecule has 1 heterocycles. The average molecular weight is 252 g/mol. The summed E-state index contributed by atoms with van der Waals surface area (Å²) in [7, 11) is 0. The lowest BCUT2D eigenvalue weighted by Gasteiger charge is -2.25. The predicted octanol–water partition coefficient (Wildman–Crippen LogP) is 3.14. The van der Waals surface area contributed by atoms with Crippen LogP contribution in [0.5, 0.6) is 5.75 Å². The van der Waals surface area contributed by atoms with Gasteiger partial charge in [0.1, 0.15) is 5.75 Å². The second-order valence-corrected chi connectivity index (χ2v) is 4.03. The molecule has 0 radical (unpaired) electrons. The fourth-order valence-electron chi connectivity index (χ4n) is 1.65. The van der Waals surface area contributed by atoms with Gasteiger partial charge in [-0.1, -0.05) is 11.6 Å². The summed E-state index contributed by atoms with van der Waals surface area (Å²) in [5, 5.41) is -0.0417. The van der Waals surface area contributed by atoms with Gasteiger partial charge in [-0.2, -0.15) is 13.2 Å². The first-order valence-corrected chi connectivity index (χ1v) is 5.06. The zero-order chi connectivity index (χ0) is 11.9. The van der Waals surface area contributed by atoms with E-state index < -0.39 is 17.8 Å². The van der Waals surface area contributed by atoms with Gasteiger partial charge < -0.3 is 10.5 Å². The van der Waals surface area contributed by atoms with E-state index in [9.17, 15) is 13.2 Å². The highest BCUT2D eigenvalue weighted by Crippen LogP contribution is 2.41. The molecule has 0 fully saturated rings. The van der Waals surface area contributed by atoms with Crippen LogP contribution in [0.4, 0.5) is 13.2 Å². The third-order valence-corrected chi connectivity index (χ3v) is 2.76. The molecule has 0 amide bonds. The van der Waals surface area contributed by atoms with E-state index in [2.05, 4.69) is 0 Å². The maximum Gasteiger partial charge on any atom is 0.416 e. The van der Waals surface area contributed by atoms with Crippen molar-refractivity contribution in [3.05, 3.63) is 28.3 Å². The highest BCUT2D eigenvalue weighted by Gasteiger charge is 2.33. The second-order valence-electron chi connectivity index (χ2n) is 3.62. The largest absolute Gasteiger partial charge is 0.492 e. The van der Waals surface area contributed by atoms with Gasteiger partial charge in [-0.05, 0) is 12.1 Å². The molecule has 1 aromatic carbocycles. The number of rotatable bonds is 0. The molecule has 0 bridgehead atoms. The predicted molar refractivity (Wildman–Crippen MR) is 53.5 cm³/mol. The third kappa shape index (κ3) is 1.97. The van der Waals surface area contributed by atoms with Crippen LogP contribution in [-0.2, 0) is 6.18 Å². The molecule has 2 nitrogen and oxygen atoms in total. The normalized spacial score (nSPS) is 20.2. The molecule has 0 saturated carbocycles. The molecule has 1 aliphatic rings. The van der Waals surface area contributed by atoms with Gasteiger partial charge in [0.25, 0.3) is 0 Å². The molecular weight excluding hydrogens is 243 g/mol. The maximum absolute atomic E-state index is 12.5. The smallest absolute Gasteiger partial charge is 0.416 e. The Morgan fingerprint density at radius 1 is 1.38 bits per heavy atom. The van der Waals surface area contributed by atoms with Gasteiger partial charge in [-0.25, -0.2) is 0 Å². The van der Waals surface area contributed by atoms with Crippen molar-refractivity contribution in [3.63, 3.8) is 0 Å². The van der Waals surface area contributed by atoms with Gasteiger partial charge in [-0.15, -0.1) is 0 Å². The first-order chi connectivity index (χ1) is 7.39. The van der Waals surface area contributed by atoms with E-state index in [0.717, 1.165) is 12.1 Å². The Morgan fingerprint density at radius 2 is 2.06 bits per heavy atom. The summed E-state index contributed by atoms with van der Waals surface area (Å²) in [5.74, 6) is 0.272. The van der Waals surface area contributed by atoms with Crippen LogP contribution in [0.2, 0.25) is 5.02 Å². The number of benzene rings is 1. The Kier molecular flexibility index (Phi) is 2.75. The summed E-state index contributed by atoms with van der Waals surface area (Å²) in [6.07, 6.45) is -3.93. The monoisotopic (exact) mass is 251 g/mol. The molecule has 0 spiro atoms. The van der Waals surface area contributed by atoms with Crippen LogP contribution < -0.4 is 10.5 Å². The summed E-state index contributed by atoms with van der Waals surface area (Å²) in [4.78, 5) is 0. The number of halogens is 4. The number of hydrogen-bond acceptors (Lipinski definition) is 2. The summed E-state index contributed by atoms with van der Waals surface area (Å²) >= 11 is 5.74. The van der Waals surface area contributed by atoms with Crippen molar-refractivity contribution in [3.8, 4) is 5.75 Å². The number of alkyl halides is 3. The number of nitrogens with two attached hydrogens (primary N) is 1. The minimum atomic E-state index is -4.42. The van der Waals surface area contributed by atoms with Crippen LogP contribution >= 0.6 is 11.6 Å². The van der Waals surface area contributed by atoms with Crippen molar-refractivity contribution in [2.24, 2.45) is 5.73 Å². The molecule has 1 aliphatic heterocycles. The highest BCUT2D eigenvalue weighted by molar-refractivity contribution is 6.32. The Bertz CT molecular complexity index is 419. The van der Waals surface area contributed by atoms with Gasteiger partial charge >= 0.3 is 6.18 Å². The third-order valence-electron chi connectivity index (χ3n) is 2.47. The van der Waals surface area contributed by atoms with Crippen LogP contribution in [0.3, 0.4) is 0 Å². The molecule has 88 valence electrons. The molecule has 2 rings (SSSR count). The molecule has 0 aromatic heterocycles. The Hall–Kier alpha value is -0.940. The number of ether oxygens (including phenoxy) is 1. The van der Waals surface area contributed by atoms with Gasteiger partial charge in [0.15, 0.2) is 0 Å². The van der Waals surface area contributed by atoms with Gasteiger partial charge in [0.2, 0.25) is 0 Å². The Balaban J connectivity index is 2.55. The Morgan fingerprint density at radius 3 is 2.69 bits per heavy atom. The van der Waals surface area contributed by atoms with E-state index in [1.54, 1.807) is 0 Å². The van der Waals surface area contributed by atoms with Crippen molar-refractivity contribution in [2.45, 2.75) is 18.6 Å². The standard InChI is InChI=1S/C10H9ClF3NO/c11-7-4-5(10(12,13)14)3-6-8(15)1-2-16-9(6)7/h3-4,8H,1-2,15H2/t8-/m0/s1. The van der Waals surface area contributed by atoms with Crippen LogP contribution in [0, 0.1) is 0 Å². The number of hydrogen-bond donors (Lipinski definition) is 1. The Labute approximate surface area is 95.1 Å². The summed E-state index contributed by atoms with van der Waals surface area (Å²) in [6.45, 7) is 0.374. The lowest BCUT2D eigenvalue weighted by atomic mass is 9.99. The zero-order valence-corrected chi connectivity index (χ0v) is 8.90. The minimum absolute atomic E-state index is 0.0417. The van der Waals surface area contributed by atoms with Crippen molar-refractivity contribution in [2.75, 3.05) is 6.61 Å². The van der Waals surface area contributed by atoms with E-state index in [1.807, 2.05) is 0 Å². The first-order valence-electron chi connectivity index (χ1n) is 4.68.